The SMILES string of the molecule is O=C(NC1CCCc2ccccc21)c1cccnc1Br. The van der Waals surface area contributed by atoms with Crippen LogP contribution in [0.25, 0.3) is 0 Å². The molecule has 102 valence electrons. The summed E-state index contributed by atoms with van der Waals surface area (Å²) in [5, 5.41) is 3.12. The number of nitrogens with zero attached hydrogens (tertiary/aromatic N) is 1. The molecule has 1 aromatic heterocycles. The molecule has 1 amide bonds. The van der Waals surface area contributed by atoms with E-state index in [0.717, 1.165) is 19.3 Å². The van der Waals surface area contributed by atoms with Crippen LogP contribution in [0.3, 0.4) is 0 Å². The zero-order valence-corrected chi connectivity index (χ0v) is 12.6. The maximum Gasteiger partial charge on any atom is 0.254 e. The van der Waals surface area contributed by atoms with E-state index in [0.29, 0.717) is 10.2 Å². The maximum atomic E-state index is 12.4. The number of carbonyl (C=O) groups excluding carboxylic acids is 1. The van der Waals surface area contributed by atoms with Crippen molar-refractivity contribution in [2.45, 2.75) is 25.3 Å². The van der Waals surface area contributed by atoms with Crippen LogP contribution in [0.4, 0.5) is 0 Å². The normalized spacial score (nSPS) is 17.4. The predicted octanol–water partition coefficient (Wildman–Crippen LogP) is 3.65. The van der Waals surface area contributed by atoms with Crippen LogP contribution in [0.5, 0.6) is 0 Å². The van der Waals surface area contributed by atoms with Crippen LogP contribution in [-0.4, -0.2) is 10.9 Å². The van der Waals surface area contributed by atoms with Crippen LogP contribution >= 0.6 is 15.9 Å². The first-order chi connectivity index (χ1) is 9.75. The van der Waals surface area contributed by atoms with E-state index in [2.05, 4.69) is 44.4 Å². The molecule has 0 fully saturated rings. The van der Waals surface area contributed by atoms with Crippen molar-refractivity contribution in [2.75, 3.05) is 0 Å². The van der Waals surface area contributed by atoms with Crippen molar-refractivity contribution in [1.82, 2.24) is 10.3 Å². The first-order valence-corrected chi connectivity index (χ1v) is 7.54. The Hall–Kier alpha value is -1.68. The lowest BCUT2D eigenvalue weighted by molar-refractivity contribution is 0.0931. The van der Waals surface area contributed by atoms with Gasteiger partial charge >= 0.3 is 0 Å². The largest absolute Gasteiger partial charge is 0.345 e. The fourth-order valence-corrected chi connectivity index (χ4v) is 3.13. The average molecular weight is 331 g/mol. The van der Waals surface area contributed by atoms with Gasteiger partial charge in [0.2, 0.25) is 0 Å². The van der Waals surface area contributed by atoms with E-state index in [1.807, 2.05) is 6.07 Å². The van der Waals surface area contributed by atoms with E-state index in [4.69, 9.17) is 0 Å². The van der Waals surface area contributed by atoms with Crippen LogP contribution in [0.1, 0.15) is 40.4 Å². The summed E-state index contributed by atoms with van der Waals surface area (Å²) >= 11 is 3.32. The molecule has 1 aliphatic carbocycles. The van der Waals surface area contributed by atoms with E-state index in [1.165, 1.54) is 11.1 Å². The molecule has 4 heteroatoms. The number of benzene rings is 1. The molecule has 0 radical (unpaired) electrons. The van der Waals surface area contributed by atoms with Crippen LogP contribution in [0.2, 0.25) is 0 Å². The number of carbonyl (C=O) groups is 1. The van der Waals surface area contributed by atoms with Gasteiger partial charge in [0.15, 0.2) is 0 Å². The third-order valence-electron chi connectivity index (χ3n) is 3.68. The van der Waals surface area contributed by atoms with Crippen molar-refractivity contribution in [2.24, 2.45) is 0 Å². The number of rotatable bonds is 2. The smallest absolute Gasteiger partial charge is 0.254 e. The van der Waals surface area contributed by atoms with E-state index in [1.54, 1.807) is 18.3 Å². The fourth-order valence-electron chi connectivity index (χ4n) is 2.70. The lowest BCUT2D eigenvalue weighted by Crippen LogP contribution is -2.31. The summed E-state index contributed by atoms with van der Waals surface area (Å²) in [5.41, 5.74) is 3.16. The number of hydrogen-bond donors (Lipinski definition) is 1. The maximum absolute atomic E-state index is 12.4. The average Bonchev–Trinajstić information content (AvgIpc) is 2.48. The lowest BCUT2D eigenvalue weighted by atomic mass is 9.87. The monoisotopic (exact) mass is 330 g/mol. The lowest BCUT2D eigenvalue weighted by Gasteiger charge is -2.26. The van der Waals surface area contributed by atoms with Gasteiger partial charge in [-0.1, -0.05) is 24.3 Å². The summed E-state index contributed by atoms with van der Waals surface area (Å²) in [6.07, 6.45) is 4.85. The van der Waals surface area contributed by atoms with Gasteiger partial charge in [-0.25, -0.2) is 4.98 Å². The summed E-state index contributed by atoms with van der Waals surface area (Å²) in [5.74, 6) is -0.0771. The van der Waals surface area contributed by atoms with Crippen molar-refractivity contribution >= 4 is 21.8 Å². The Morgan fingerprint density at radius 2 is 2.10 bits per heavy atom. The zero-order chi connectivity index (χ0) is 13.9. The van der Waals surface area contributed by atoms with E-state index in [9.17, 15) is 4.79 Å². The molecule has 3 nitrogen and oxygen atoms in total. The van der Waals surface area contributed by atoms with Crippen molar-refractivity contribution in [3.8, 4) is 0 Å². The van der Waals surface area contributed by atoms with Crippen molar-refractivity contribution in [3.63, 3.8) is 0 Å². The summed E-state index contributed by atoms with van der Waals surface area (Å²) in [6, 6.07) is 12.0. The second-order valence-electron chi connectivity index (χ2n) is 4.96. The third kappa shape index (κ3) is 2.61. The second-order valence-corrected chi connectivity index (χ2v) is 5.71. The minimum absolute atomic E-state index is 0.0771. The van der Waals surface area contributed by atoms with Crippen LogP contribution in [-0.2, 0) is 6.42 Å². The second kappa shape index (κ2) is 5.75. The predicted molar refractivity (Wildman–Crippen MR) is 81.5 cm³/mol. The quantitative estimate of drug-likeness (QED) is 0.854. The molecule has 1 unspecified atom stereocenters. The first-order valence-electron chi connectivity index (χ1n) is 6.75. The number of pyridine rings is 1. The highest BCUT2D eigenvalue weighted by Crippen LogP contribution is 2.29. The molecule has 20 heavy (non-hydrogen) atoms. The molecule has 0 saturated carbocycles. The zero-order valence-electron chi connectivity index (χ0n) is 11.0. The molecule has 1 heterocycles. The molecular formula is C16H15BrN2O. The fraction of sp³-hybridized carbons (Fsp3) is 0.250. The number of amides is 1. The third-order valence-corrected chi connectivity index (χ3v) is 4.31. The van der Waals surface area contributed by atoms with Gasteiger partial charge in [0.1, 0.15) is 4.60 Å². The van der Waals surface area contributed by atoms with E-state index in [-0.39, 0.29) is 11.9 Å². The Kier molecular flexibility index (Phi) is 3.83. The van der Waals surface area contributed by atoms with E-state index >= 15 is 0 Å². The number of aromatic nitrogens is 1. The van der Waals surface area contributed by atoms with Crippen molar-refractivity contribution in [1.29, 1.82) is 0 Å². The number of nitrogens with one attached hydrogen (secondary N) is 1. The molecule has 0 spiro atoms. The van der Waals surface area contributed by atoms with Crippen LogP contribution in [0.15, 0.2) is 47.2 Å². The van der Waals surface area contributed by atoms with Crippen LogP contribution in [0, 0.1) is 0 Å². The van der Waals surface area contributed by atoms with Gasteiger partial charge in [-0.15, -0.1) is 0 Å². The highest BCUT2D eigenvalue weighted by Gasteiger charge is 2.22. The summed E-state index contributed by atoms with van der Waals surface area (Å²) < 4.78 is 0.585. The molecule has 0 saturated heterocycles. The van der Waals surface area contributed by atoms with Crippen LogP contribution < -0.4 is 5.32 Å². The van der Waals surface area contributed by atoms with Gasteiger partial charge in [0.25, 0.3) is 5.91 Å². The van der Waals surface area contributed by atoms with E-state index < -0.39 is 0 Å². The minimum atomic E-state index is -0.0771. The van der Waals surface area contributed by atoms with Gasteiger partial charge in [-0.3, -0.25) is 4.79 Å². The van der Waals surface area contributed by atoms with Crippen molar-refractivity contribution in [3.05, 3.63) is 63.9 Å². The molecule has 1 aliphatic rings. The number of halogens is 1. The van der Waals surface area contributed by atoms with Gasteiger partial charge in [0.05, 0.1) is 11.6 Å². The summed E-state index contributed by atoms with van der Waals surface area (Å²) in [6.45, 7) is 0. The topological polar surface area (TPSA) is 42.0 Å². The highest BCUT2D eigenvalue weighted by molar-refractivity contribution is 9.10. The number of hydrogen-bond acceptors (Lipinski definition) is 2. The molecule has 2 aromatic rings. The standard InChI is InChI=1S/C16H15BrN2O/c17-15-13(8-4-10-18-15)16(20)19-14-9-3-6-11-5-1-2-7-12(11)14/h1-2,4-5,7-8,10,14H,3,6,9H2,(H,19,20). The number of fused-ring (bicyclic) bond motifs is 1. The van der Waals surface area contributed by atoms with Gasteiger partial charge in [-0.05, 0) is 58.5 Å². The van der Waals surface area contributed by atoms with Gasteiger partial charge in [-0.2, -0.15) is 0 Å². The molecule has 1 atom stereocenters. The first kappa shape index (κ1) is 13.3. The Bertz CT molecular complexity index is 642. The Morgan fingerprint density at radius 1 is 1.25 bits per heavy atom. The molecule has 0 aliphatic heterocycles. The highest BCUT2D eigenvalue weighted by atomic mass is 79.9. The molecule has 1 aromatic carbocycles. The Morgan fingerprint density at radius 3 is 2.95 bits per heavy atom. The molecule has 0 bridgehead atoms. The summed E-state index contributed by atoms with van der Waals surface area (Å²) in [7, 11) is 0. The number of aryl methyl sites for hydroxylation is 1. The summed E-state index contributed by atoms with van der Waals surface area (Å²) in [4.78, 5) is 16.5. The Labute approximate surface area is 126 Å². The molecular weight excluding hydrogens is 316 g/mol. The molecule has 1 N–H and O–H groups in total. The molecule has 3 rings (SSSR count). The Balaban J connectivity index is 1.83. The van der Waals surface area contributed by atoms with Gasteiger partial charge < -0.3 is 5.32 Å². The van der Waals surface area contributed by atoms with Gasteiger partial charge in [0, 0.05) is 6.20 Å². The van der Waals surface area contributed by atoms with Crippen molar-refractivity contribution < 1.29 is 4.79 Å². The minimum Gasteiger partial charge on any atom is -0.345 e.